The zero-order valence-electron chi connectivity index (χ0n) is 14.2. The van der Waals surface area contributed by atoms with E-state index in [4.69, 9.17) is 0 Å². The number of amides is 2. The first kappa shape index (κ1) is 16.2. The molecular weight excluding hydrogens is 304 g/mol. The van der Waals surface area contributed by atoms with E-state index < -0.39 is 0 Å². The van der Waals surface area contributed by atoms with E-state index in [1.54, 1.807) is 24.2 Å². The summed E-state index contributed by atoms with van der Waals surface area (Å²) in [6.45, 7) is 4.63. The van der Waals surface area contributed by atoms with Gasteiger partial charge in [-0.2, -0.15) is 0 Å². The van der Waals surface area contributed by atoms with E-state index in [2.05, 4.69) is 28.7 Å². The molecule has 0 spiro atoms. The van der Waals surface area contributed by atoms with Crippen molar-refractivity contribution in [2.45, 2.75) is 39.3 Å². The third-order valence-electron chi connectivity index (χ3n) is 4.28. The molecule has 0 unspecified atom stereocenters. The average Bonchev–Trinajstić information content (AvgIpc) is 3.02. The van der Waals surface area contributed by atoms with Gasteiger partial charge >= 0.3 is 0 Å². The van der Waals surface area contributed by atoms with Gasteiger partial charge in [0.1, 0.15) is 5.82 Å². The van der Waals surface area contributed by atoms with E-state index in [1.807, 2.05) is 18.3 Å². The fourth-order valence-electron chi connectivity index (χ4n) is 2.96. The Hall–Kier alpha value is -2.63. The van der Waals surface area contributed by atoms with Gasteiger partial charge in [-0.15, -0.1) is 0 Å². The Morgan fingerprint density at radius 1 is 1.38 bits per heavy atom. The molecule has 0 saturated heterocycles. The summed E-state index contributed by atoms with van der Waals surface area (Å²) in [4.78, 5) is 30.2. The van der Waals surface area contributed by atoms with Gasteiger partial charge in [0.25, 0.3) is 5.91 Å². The van der Waals surface area contributed by atoms with Crippen molar-refractivity contribution in [2.24, 2.45) is 0 Å². The minimum atomic E-state index is -0.0481. The van der Waals surface area contributed by atoms with Crippen molar-refractivity contribution >= 4 is 17.5 Å². The maximum absolute atomic E-state index is 12.7. The molecule has 2 aromatic rings. The normalized spacial score (nSPS) is 13.6. The topological polar surface area (TPSA) is 67.2 Å². The van der Waals surface area contributed by atoms with Crippen LogP contribution in [0.4, 0.5) is 5.69 Å². The first-order valence-electron chi connectivity index (χ1n) is 8.15. The van der Waals surface area contributed by atoms with Gasteiger partial charge in [-0.25, -0.2) is 4.98 Å². The summed E-state index contributed by atoms with van der Waals surface area (Å²) < 4.78 is 2.06. The van der Waals surface area contributed by atoms with Crippen molar-refractivity contribution in [1.29, 1.82) is 0 Å². The lowest BCUT2D eigenvalue weighted by molar-refractivity contribution is -0.116. The largest absolute Gasteiger partial charge is 0.334 e. The molecule has 1 aliphatic rings. The second kappa shape index (κ2) is 6.47. The number of nitrogens with zero attached hydrogens (tertiary/aromatic N) is 3. The Morgan fingerprint density at radius 2 is 2.17 bits per heavy atom. The zero-order valence-corrected chi connectivity index (χ0v) is 14.2. The minimum absolute atomic E-state index is 0.0271. The van der Waals surface area contributed by atoms with Crippen molar-refractivity contribution in [3.8, 4) is 0 Å². The number of anilines is 1. The fraction of sp³-hybridized carbons (Fsp3) is 0.389. The van der Waals surface area contributed by atoms with Crippen LogP contribution in [0.2, 0.25) is 0 Å². The molecule has 3 rings (SSSR count). The van der Waals surface area contributed by atoms with Crippen LogP contribution in [-0.4, -0.2) is 33.3 Å². The number of fused-ring (bicyclic) bond motifs is 1. The molecule has 24 heavy (non-hydrogen) atoms. The van der Waals surface area contributed by atoms with Crippen LogP contribution in [0.5, 0.6) is 0 Å². The fourth-order valence-corrected chi connectivity index (χ4v) is 2.96. The molecule has 2 heterocycles. The van der Waals surface area contributed by atoms with Gasteiger partial charge in [-0.1, -0.05) is 0 Å². The predicted molar refractivity (Wildman–Crippen MR) is 91.8 cm³/mol. The van der Waals surface area contributed by atoms with Crippen LogP contribution in [0.1, 0.15) is 48.1 Å². The Labute approximate surface area is 141 Å². The highest BCUT2D eigenvalue weighted by molar-refractivity contribution is 5.97. The first-order chi connectivity index (χ1) is 11.5. The molecule has 1 aromatic carbocycles. The summed E-state index contributed by atoms with van der Waals surface area (Å²) in [5.74, 6) is 0.846. The average molecular weight is 326 g/mol. The molecule has 0 bridgehead atoms. The summed E-state index contributed by atoms with van der Waals surface area (Å²) in [6, 6.07) is 5.75. The monoisotopic (exact) mass is 326 g/mol. The minimum Gasteiger partial charge on any atom is -0.334 e. The standard InChI is InChI=1S/C18H22N4O2/c1-12(2)22-9-8-19-16(22)11-21(3)18(24)14-4-6-15-13(10-14)5-7-17(23)20-15/h4,6,8-10,12H,5,7,11H2,1-3H3,(H,20,23). The quantitative estimate of drug-likeness (QED) is 0.939. The highest BCUT2D eigenvalue weighted by Crippen LogP contribution is 2.24. The number of carbonyl (C=O) groups excluding carboxylic acids is 2. The lowest BCUT2D eigenvalue weighted by Crippen LogP contribution is -2.28. The number of rotatable bonds is 4. The SMILES string of the molecule is CC(C)n1ccnc1CN(C)C(=O)c1ccc2c(c1)CCC(=O)N2. The molecule has 0 fully saturated rings. The van der Waals surface area contributed by atoms with Crippen LogP contribution in [-0.2, 0) is 17.8 Å². The highest BCUT2D eigenvalue weighted by Gasteiger charge is 2.19. The van der Waals surface area contributed by atoms with Crippen molar-refractivity contribution in [2.75, 3.05) is 12.4 Å². The molecule has 0 radical (unpaired) electrons. The zero-order chi connectivity index (χ0) is 17.3. The maximum Gasteiger partial charge on any atom is 0.254 e. The van der Waals surface area contributed by atoms with Crippen LogP contribution >= 0.6 is 0 Å². The van der Waals surface area contributed by atoms with Gasteiger partial charge in [-0.05, 0) is 44.0 Å². The molecule has 6 nitrogen and oxygen atoms in total. The van der Waals surface area contributed by atoms with Crippen LogP contribution in [0.15, 0.2) is 30.6 Å². The molecule has 0 saturated carbocycles. The van der Waals surface area contributed by atoms with E-state index in [0.29, 0.717) is 31.0 Å². The number of imidazole rings is 1. The lowest BCUT2D eigenvalue weighted by atomic mass is 10.00. The molecule has 2 amide bonds. The van der Waals surface area contributed by atoms with Crippen LogP contribution < -0.4 is 5.32 Å². The van der Waals surface area contributed by atoms with Crippen molar-refractivity contribution in [1.82, 2.24) is 14.5 Å². The molecule has 1 aliphatic heterocycles. The molecule has 1 N–H and O–H groups in total. The summed E-state index contributed by atoms with van der Waals surface area (Å²) in [5, 5.41) is 2.83. The third kappa shape index (κ3) is 3.18. The molecule has 0 atom stereocenters. The first-order valence-corrected chi connectivity index (χ1v) is 8.15. The van der Waals surface area contributed by atoms with E-state index in [-0.39, 0.29) is 11.8 Å². The number of hydrogen-bond donors (Lipinski definition) is 1. The van der Waals surface area contributed by atoms with Crippen LogP contribution in [0.3, 0.4) is 0 Å². The predicted octanol–water partition coefficient (Wildman–Crippen LogP) is 2.62. The number of carbonyl (C=O) groups is 2. The van der Waals surface area contributed by atoms with Crippen LogP contribution in [0, 0.1) is 0 Å². The van der Waals surface area contributed by atoms with E-state index in [1.165, 1.54) is 0 Å². The smallest absolute Gasteiger partial charge is 0.254 e. The van der Waals surface area contributed by atoms with Crippen molar-refractivity contribution in [3.05, 3.63) is 47.5 Å². The van der Waals surface area contributed by atoms with E-state index >= 15 is 0 Å². The Morgan fingerprint density at radius 3 is 2.92 bits per heavy atom. The molecular formula is C18H22N4O2. The van der Waals surface area contributed by atoms with Gasteiger partial charge in [0.15, 0.2) is 0 Å². The Kier molecular flexibility index (Phi) is 4.38. The van der Waals surface area contributed by atoms with E-state index in [9.17, 15) is 9.59 Å². The summed E-state index contributed by atoms with van der Waals surface area (Å²) >= 11 is 0. The lowest BCUT2D eigenvalue weighted by Gasteiger charge is -2.21. The third-order valence-corrected chi connectivity index (χ3v) is 4.28. The summed E-state index contributed by atoms with van der Waals surface area (Å²) in [5.41, 5.74) is 2.45. The molecule has 126 valence electrons. The van der Waals surface area contributed by atoms with Gasteiger partial charge in [0.2, 0.25) is 5.91 Å². The Bertz CT molecular complexity index is 779. The maximum atomic E-state index is 12.7. The van der Waals surface area contributed by atoms with Gasteiger partial charge < -0.3 is 14.8 Å². The van der Waals surface area contributed by atoms with Gasteiger partial charge in [0, 0.05) is 43.2 Å². The Balaban J connectivity index is 1.76. The number of nitrogens with one attached hydrogen (secondary N) is 1. The van der Waals surface area contributed by atoms with Crippen molar-refractivity contribution < 1.29 is 9.59 Å². The number of hydrogen-bond acceptors (Lipinski definition) is 3. The van der Waals surface area contributed by atoms with Gasteiger partial charge in [-0.3, -0.25) is 9.59 Å². The number of aromatic nitrogens is 2. The highest BCUT2D eigenvalue weighted by atomic mass is 16.2. The molecule has 0 aliphatic carbocycles. The molecule has 1 aromatic heterocycles. The number of aryl methyl sites for hydroxylation is 1. The van der Waals surface area contributed by atoms with Crippen molar-refractivity contribution in [3.63, 3.8) is 0 Å². The second-order valence-electron chi connectivity index (χ2n) is 6.43. The van der Waals surface area contributed by atoms with E-state index in [0.717, 1.165) is 17.1 Å². The van der Waals surface area contributed by atoms with Crippen LogP contribution in [0.25, 0.3) is 0 Å². The number of benzene rings is 1. The second-order valence-corrected chi connectivity index (χ2v) is 6.43. The summed E-state index contributed by atoms with van der Waals surface area (Å²) in [6.07, 6.45) is 4.82. The summed E-state index contributed by atoms with van der Waals surface area (Å²) in [7, 11) is 1.78. The molecule has 6 heteroatoms. The van der Waals surface area contributed by atoms with Gasteiger partial charge in [0.05, 0.1) is 6.54 Å².